The third kappa shape index (κ3) is 3.48. The summed E-state index contributed by atoms with van der Waals surface area (Å²) in [6, 6.07) is 0. The minimum Gasteiger partial charge on any atom is -0.246 e. The van der Waals surface area contributed by atoms with Gasteiger partial charge in [-0.25, -0.2) is 4.98 Å². The quantitative estimate of drug-likeness (QED) is 0.707. The molecule has 1 aromatic rings. The maximum atomic E-state index is 6.17. The van der Waals surface area contributed by atoms with Gasteiger partial charge in [0.2, 0.25) is 0 Å². The zero-order valence-corrected chi connectivity index (χ0v) is 13.3. The SMILES string of the molecule is CC(C)(C)c1csc(CC(CCl)C2CCCC2)n1. The van der Waals surface area contributed by atoms with Crippen LogP contribution in [0.2, 0.25) is 0 Å². The molecule has 102 valence electrons. The average Bonchev–Trinajstić information content (AvgIpc) is 2.95. The van der Waals surface area contributed by atoms with Gasteiger partial charge in [0.1, 0.15) is 0 Å². The van der Waals surface area contributed by atoms with Crippen LogP contribution in [0, 0.1) is 11.8 Å². The predicted octanol–water partition coefficient (Wildman–Crippen LogP) is 5.03. The van der Waals surface area contributed by atoms with Crippen molar-refractivity contribution < 1.29 is 0 Å². The molecule has 18 heavy (non-hydrogen) atoms. The van der Waals surface area contributed by atoms with Gasteiger partial charge in [-0.05, 0) is 11.8 Å². The van der Waals surface area contributed by atoms with Crippen LogP contribution in [0.3, 0.4) is 0 Å². The minimum absolute atomic E-state index is 0.165. The van der Waals surface area contributed by atoms with Crippen molar-refractivity contribution in [2.75, 3.05) is 5.88 Å². The number of alkyl halides is 1. The van der Waals surface area contributed by atoms with Crippen molar-refractivity contribution in [1.29, 1.82) is 0 Å². The number of aromatic nitrogens is 1. The fourth-order valence-electron chi connectivity index (χ4n) is 2.75. The van der Waals surface area contributed by atoms with Crippen molar-refractivity contribution >= 4 is 22.9 Å². The number of halogens is 1. The minimum atomic E-state index is 0.165. The highest BCUT2D eigenvalue weighted by Crippen LogP contribution is 2.35. The number of nitrogens with zero attached hydrogens (tertiary/aromatic N) is 1. The van der Waals surface area contributed by atoms with Crippen LogP contribution in [0.5, 0.6) is 0 Å². The molecule has 1 aliphatic rings. The first-order valence-electron chi connectivity index (χ1n) is 7.01. The predicted molar refractivity (Wildman–Crippen MR) is 80.7 cm³/mol. The second-order valence-corrected chi connectivity index (χ2v) is 7.79. The molecule has 1 aromatic heterocycles. The second-order valence-electron chi connectivity index (χ2n) is 6.54. The van der Waals surface area contributed by atoms with Gasteiger partial charge in [0, 0.05) is 23.1 Å². The second kappa shape index (κ2) is 5.92. The van der Waals surface area contributed by atoms with Gasteiger partial charge in [0.05, 0.1) is 10.7 Å². The standard InChI is InChI=1S/C15H24ClNS/c1-15(2,3)13-10-18-14(17-13)8-12(9-16)11-6-4-5-7-11/h10-12H,4-9H2,1-3H3. The Morgan fingerprint density at radius 1 is 1.39 bits per heavy atom. The van der Waals surface area contributed by atoms with Crippen LogP contribution in [0.1, 0.15) is 57.2 Å². The van der Waals surface area contributed by atoms with Crippen molar-refractivity contribution in [3.63, 3.8) is 0 Å². The van der Waals surface area contributed by atoms with Crippen molar-refractivity contribution in [2.45, 2.75) is 58.3 Å². The van der Waals surface area contributed by atoms with E-state index in [0.717, 1.165) is 18.2 Å². The van der Waals surface area contributed by atoms with E-state index >= 15 is 0 Å². The monoisotopic (exact) mass is 285 g/mol. The Bertz CT molecular complexity index is 374. The fourth-order valence-corrected chi connectivity index (χ4v) is 4.23. The Morgan fingerprint density at radius 3 is 2.56 bits per heavy atom. The topological polar surface area (TPSA) is 12.9 Å². The summed E-state index contributed by atoms with van der Waals surface area (Å²) in [7, 11) is 0. The molecule has 1 nitrogen and oxygen atoms in total. The molecule has 0 bridgehead atoms. The molecular formula is C15H24ClNS. The highest BCUT2D eigenvalue weighted by atomic mass is 35.5. The summed E-state index contributed by atoms with van der Waals surface area (Å²) in [6.45, 7) is 6.67. The van der Waals surface area contributed by atoms with Gasteiger partial charge in [-0.2, -0.15) is 0 Å². The number of hydrogen-bond acceptors (Lipinski definition) is 2. The Morgan fingerprint density at radius 2 is 2.06 bits per heavy atom. The molecule has 0 saturated heterocycles. The number of thiazole rings is 1. The summed E-state index contributed by atoms with van der Waals surface area (Å²) in [5.41, 5.74) is 1.39. The molecular weight excluding hydrogens is 262 g/mol. The molecule has 0 N–H and O–H groups in total. The molecule has 1 heterocycles. The average molecular weight is 286 g/mol. The van der Waals surface area contributed by atoms with Crippen LogP contribution in [0.15, 0.2) is 5.38 Å². The van der Waals surface area contributed by atoms with Crippen LogP contribution >= 0.6 is 22.9 Å². The highest BCUT2D eigenvalue weighted by Gasteiger charge is 2.26. The Balaban J connectivity index is 2.01. The van der Waals surface area contributed by atoms with E-state index in [-0.39, 0.29) is 5.41 Å². The summed E-state index contributed by atoms with van der Waals surface area (Å²) >= 11 is 7.98. The lowest BCUT2D eigenvalue weighted by Crippen LogP contribution is -2.17. The molecule has 1 fully saturated rings. The third-order valence-corrected chi connectivity index (χ3v) is 5.29. The molecule has 0 radical (unpaired) electrons. The van der Waals surface area contributed by atoms with Gasteiger partial charge in [0.15, 0.2) is 0 Å². The molecule has 1 atom stereocenters. The van der Waals surface area contributed by atoms with Gasteiger partial charge in [-0.3, -0.25) is 0 Å². The summed E-state index contributed by atoms with van der Waals surface area (Å²) in [6.07, 6.45) is 6.60. The molecule has 2 rings (SSSR count). The maximum Gasteiger partial charge on any atom is 0.0931 e. The van der Waals surface area contributed by atoms with Crippen LogP contribution in [-0.2, 0) is 11.8 Å². The molecule has 3 heteroatoms. The summed E-state index contributed by atoms with van der Waals surface area (Å²) in [5.74, 6) is 2.26. The molecule has 1 saturated carbocycles. The normalized spacial score (nSPS) is 19.3. The van der Waals surface area contributed by atoms with Crippen molar-refractivity contribution in [3.8, 4) is 0 Å². The number of rotatable bonds is 4. The summed E-state index contributed by atoms with van der Waals surface area (Å²) in [5, 5.41) is 3.49. The fraction of sp³-hybridized carbons (Fsp3) is 0.800. The van der Waals surface area contributed by atoms with E-state index in [4.69, 9.17) is 16.6 Å². The molecule has 0 spiro atoms. The van der Waals surface area contributed by atoms with Crippen LogP contribution in [-0.4, -0.2) is 10.9 Å². The lowest BCUT2D eigenvalue weighted by atomic mass is 9.90. The first-order chi connectivity index (χ1) is 8.50. The van der Waals surface area contributed by atoms with Gasteiger partial charge < -0.3 is 0 Å². The van der Waals surface area contributed by atoms with Gasteiger partial charge in [-0.15, -0.1) is 22.9 Å². The maximum absolute atomic E-state index is 6.17. The van der Waals surface area contributed by atoms with E-state index in [1.54, 1.807) is 0 Å². The number of hydrogen-bond donors (Lipinski definition) is 0. The van der Waals surface area contributed by atoms with Crippen molar-refractivity contribution in [1.82, 2.24) is 4.98 Å². The molecule has 0 aliphatic heterocycles. The van der Waals surface area contributed by atoms with Crippen LogP contribution in [0.4, 0.5) is 0 Å². The van der Waals surface area contributed by atoms with E-state index in [9.17, 15) is 0 Å². The molecule has 0 amide bonds. The highest BCUT2D eigenvalue weighted by molar-refractivity contribution is 7.09. The lowest BCUT2D eigenvalue weighted by molar-refractivity contribution is 0.368. The first-order valence-corrected chi connectivity index (χ1v) is 8.43. The smallest absolute Gasteiger partial charge is 0.0931 e. The molecule has 1 unspecified atom stereocenters. The van der Waals surface area contributed by atoms with Crippen molar-refractivity contribution in [2.24, 2.45) is 11.8 Å². The molecule has 0 aromatic carbocycles. The third-order valence-electron chi connectivity index (χ3n) is 4.02. The van der Waals surface area contributed by atoms with E-state index in [1.165, 1.54) is 36.4 Å². The zero-order valence-electron chi connectivity index (χ0n) is 11.7. The Hall–Kier alpha value is -0.0800. The zero-order chi connectivity index (χ0) is 13.2. The van der Waals surface area contributed by atoms with Gasteiger partial charge in [0.25, 0.3) is 0 Å². The van der Waals surface area contributed by atoms with E-state index in [2.05, 4.69) is 26.2 Å². The Labute approximate surface area is 120 Å². The van der Waals surface area contributed by atoms with Crippen LogP contribution < -0.4 is 0 Å². The van der Waals surface area contributed by atoms with Gasteiger partial charge >= 0.3 is 0 Å². The summed E-state index contributed by atoms with van der Waals surface area (Å²) < 4.78 is 0. The largest absolute Gasteiger partial charge is 0.246 e. The van der Waals surface area contributed by atoms with E-state index in [0.29, 0.717) is 5.92 Å². The summed E-state index contributed by atoms with van der Waals surface area (Å²) in [4.78, 5) is 4.80. The van der Waals surface area contributed by atoms with Crippen molar-refractivity contribution in [3.05, 3.63) is 16.1 Å². The van der Waals surface area contributed by atoms with Crippen LogP contribution in [0.25, 0.3) is 0 Å². The first kappa shape index (κ1) is 14.3. The van der Waals surface area contributed by atoms with Gasteiger partial charge in [-0.1, -0.05) is 46.5 Å². The lowest BCUT2D eigenvalue weighted by Gasteiger charge is -2.20. The molecule has 1 aliphatic carbocycles. The van der Waals surface area contributed by atoms with E-state index < -0.39 is 0 Å². The Kier molecular flexibility index (Phi) is 4.71. The van der Waals surface area contributed by atoms with E-state index in [1.807, 2.05) is 11.3 Å².